The quantitative estimate of drug-likeness (QED) is 0.665. The predicted molar refractivity (Wildman–Crippen MR) is 64.8 cm³/mol. The van der Waals surface area contributed by atoms with Gasteiger partial charge in [-0.25, -0.2) is 0 Å². The SMILES string of the molecule is O=C(NC(O)C(Cl)(Cl)Cl)C(F)(F)c1ccccc1. The fourth-order valence-corrected chi connectivity index (χ4v) is 1.24. The van der Waals surface area contributed by atoms with Gasteiger partial charge in [0.25, 0.3) is 5.91 Å². The minimum Gasteiger partial charge on any atom is -0.369 e. The number of aliphatic hydroxyl groups is 1. The van der Waals surface area contributed by atoms with Crippen molar-refractivity contribution in [1.82, 2.24) is 5.32 Å². The van der Waals surface area contributed by atoms with Crippen molar-refractivity contribution in [3.8, 4) is 0 Å². The highest BCUT2D eigenvalue weighted by Crippen LogP contribution is 2.31. The first-order valence-electron chi connectivity index (χ1n) is 4.65. The van der Waals surface area contributed by atoms with E-state index in [1.54, 1.807) is 0 Å². The first-order valence-corrected chi connectivity index (χ1v) is 5.78. The first kappa shape index (κ1) is 15.4. The Hall–Kier alpha value is -0.620. The van der Waals surface area contributed by atoms with E-state index >= 15 is 0 Å². The molecule has 1 atom stereocenters. The van der Waals surface area contributed by atoms with Gasteiger partial charge in [-0.2, -0.15) is 8.78 Å². The lowest BCUT2D eigenvalue weighted by Crippen LogP contribution is -2.49. The van der Waals surface area contributed by atoms with Crippen LogP contribution in [0, 0.1) is 0 Å². The van der Waals surface area contributed by atoms with Crippen LogP contribution in [-0.2, 0) is 10.7 Å². The number of carbonyl (C=O) groups is 1. The topological polar surface area (TPSA) is 49.3 Å². The number of halogens is 5. The largest absolute Gasteiger partial charge is 0.369 e. The number of amides is 1. The molecule has 0 spiro atoms. The molecular formula is C10H8Cl3F2NO2. The molecule has 100 valence electrons. The summed E-state index contributed by atoms with van der Waals surface area (Å²) >= 11 is 15.7. The Morgan fingerprint density at radius 3 is 2.17 bits per heavy atom. The minimum absolute atomic E-state index is 0.529. The van der Waals surface area contributed by atoms with Gasteiger partial charge in [0.15, 0.2) is 6.23 Å². The summed E-state index contributed by atoms with van der Waals surface area (Å²) in [5.74, 6) is -5.59. The molecule has 1 aromatic rings. The highest BCUT2D eigenvalue weighted by atomic mass is 35.6. The van der Waals surface area contributed by atoms with Crippen molar-refractivity contribution in [1.29, 1.82) is 0 Å². The summed E-state index contributed by atoms with van der Waals surface area (Å²) in [6.45, 7) is 0. The Bertz CT molecular complexity index is 423. The van der Waals surface area contributed by atoms with Crippen LogP contribution in [0.5, 0.6) is 0 Å². The number of nitrogens with one attached hydrogen (secondary N) is 1. The van der Waals surface area contributed by atoms with Gasteiger partial charge in [-0.15, -0.1) is 0 Å². The molecule has 1 rings (SSSR count). The van der Waals surface area contributed by atoms with Crippen LogP contribution in [-0.4, -0.2) is 21.0 Å². The van der Waals surface area contributed by atoms with Gasteiger partial charge in [-0.05, 0) is 0 Å². The van der Waals surface area contributed by atoms with Gasteiger partial charge in [0.05, 0.1) is 0 Å². The third-order valence-corrected chi connectivity index (χ3v) is 2.62. The summed E-state index contributed by atoms with van der Waals surface area (Å²) in [6.07, 6.45) is -2.04. The number of hydrogen-bond donors (Lipinski definition) is 2. The Morgan fingerprint density at radius 2 is 1.72 bits per heavy atom. The van der Waals surface area contributed by atoms with E-state index in [-0.39, 0.29) is 0 Å². The number of rotatable bonds is 3. The highest BCUT2D eigenvalue weighted by Gasteiger charge is 2.44. The Morgan fingerprint density at radius 1 is 1.22 bits per heavy atom. The second kappa shape index (κ2) is 5.57. The first-order chi connectivity index (χ1) is 8.15. The fourth-order valence-electron chi connectivity index (χ4n) is 1.08. The predicted octanol–water partition coefficient (Wildman–Crippen LogP) is 2.58. The van der Waals surface area contributed by atoms with Crippen molar-refractivity contribution in [2.24, 2.45) is 0 Å². The Kier molecular flexibility index (Phi) is 4.78. The van der Waals surface area contributed by atoms with E-state index in [2.05, 4.69) is 0 Å². The standard InChI is InChI=1S/C10H8Cl3F2NO2/c11-10(12,13)8(18)16-7(17)9(14,15)6-4-2-1-3-5-6/h1-5,8,18H,(H,16,17). The molecule has 0 saturated carbocycles. The number of benzene rings is 1. The van der Waals surface area contributed by atoms with Gasteiger partial charge in [0, 0.05) is 5.56 Å². The monoisotopic (exact) mass is 317 g/mol. The van der Waals surface area contributed by atoms with Crippen LogP contribution >= 0.6 is 34.8 Å². The molecule has 3 nitrogen and oxygen atoms in total. The third kappa shape index (κ3) is 3.68. The van der Waals surface area contributed by atoms with Crippen LogP contribution in [0.3, 0.4) is 0 Å². The molecule has 0 aliphatic carbocycles. The number of carbonyl (C=O) groups excluding carboxylic acids is 1. The van der Waals surface area contributed by atoms with Gasteiger partial charge in [-0.1, -0.05) is 65.1 Å². The number of aliphatic hydroxyl groups excluding tert-OH is 1. The van der Waals surface area contributed by atoms with E-state index in [9.17, 15) is 18.7 Å². The van der Waals surface area contributed by atoms with E-state index in [4.69, 9.17) is 34.8 Å². The van der Waals surface area contributed by atoms with Gasteiger partial charge >= 0.3 is 5.92 Å². The van der Waals surface area contributed by atoms with Crippen molar-refractivity contribution in [2.75, 3.05) is 0 Å². The zero-order valence-electron chi connectivity index (χ0n) is 8.71. The lowest BCUT2D eigenvalue weighted by Gasteiger charge is -2.23. The van der Waals surface area contributed by atoms with Crippen LogP contribution in [0.2, 0.25) is 0 Å². The second-order valence-electron chi connectivity index (χ2n) is 3.36. The molecular weight excluding hydrogens is 310 g/mol. The van der Waals surface area contributed by atoms with Crippen molar-refractivity contribution < 1.29 is 18.7 Å². The fraction of sp³-hybridized carbons (Fsp3) is 0.300. The number of hydrogen-bond acceptors (Lipinski definition) is 2. The molecule has 1 amide bonds. The van der Waals surface area contributed by atoms with E-state index in [0.29, 0.717) is 0 Å². The summed E-state index contributed by atoms with van der Waals surface area (Å²) in [6, 6.07) is 6.36. The summed E-state index contributed by atoms with van der Waals surface area (Å²) in [4.78, 5) is 11.3. The zero-order valence-corrected chi connectivity index (χ0v) is 11.0. The zero-order chi connectivity index (χ0) is 14.0. The minimum atomic E-state index is -3.84. The number of alkyl halides is 5. The molecule has 8 heteroatoms. The third-order valence-electron chi connectivity index (χ3n) is 2.00. The van der Waals surface area contributed by atoms with Crippen LogP contribution in [0.4, 0.5) is 8.78 Å². The molecule has 0 bridgehead atoms. The van der Waals surface area contributed by atoms with Crippen LogP contribution in [0.25, 0.3) is 0 Å². The summed E-state index contributed by atoms with van der Waals surface area (Å²) < 4.78 is 25.0. The second-order valence-corrected chi connectivity index (χ2v) is 5.73. The van der Waals surface area contributed by atoms with Gasteiger partial charge in [0.1, 0.15) is 0 Å². The summed E-state index contributed by atoms with van der Waals surface area (Å²) in [7, 11) is 0. The normalized spacial score (nSPS) is 14.1. The molecule has 1 unspecified atom stereocenters. The smallest absolute Gasteiger partial charge is 0.349 e. The molecule has 1 aromatic carbocycles. The average Bonchev–Trinajstić information content (AvgIpc) is 2.28. The van der Waals surface area contributed by atoms with Crippen LogP contribution < -0.4 is 5.32 Å². The molecule has 0 aromatic heterocycles. The van der Waals surface area contributed by atoms with E-state index in [1.807, 2.05) is 0 Å². The van der Waals surface area contributed by atoms with Crippen molar-refractivity contribution in [3.63, 3.8) is 0 Å². The molecule has 0 fully saturated rings. The van der Waals surface area contributed by atoms with Gasteiger partial charge < -0.3 is 10.4 Å². The van der Waals surface area contributed by atoms with Crippen molar-refractivity contribution in [3.05, 3.63) is 35.9 Å². The van der Waals surface area contributed by atoms with Gasteiger partial charge in [-0.3, -0.25) is 4.79 Å². The van der Waals surface area contributed by atoms with E-state index < -0.39 is 27.4 Å². The Labute approximate surface area is 117 Å². The van der Waals surface area contributed by atoms with E-state index in [1.165, 1.54) is 23.5 Å². The Balaban J connectivity index is 2.84. The summed E-state index contributed by atoms with van der Waals surface area (Å²) in [5, 5.41) is 10.7. The van der Waals surface area contributed by atoms with E-state index in [0.717, 1.165) is 12.1 Å². The molecule has 0 radical (unpaired) electrons. The lowest BCUT2D eigenvalue weighted by atomic mass is 10.1. The maximum absolute atomic E-state index is 13.6. The maximum Gasteiger partial charge on any atom is 0.349 e. The molecule has 0 heterocycles. The van der Waals surface area contributed by atoms with Gasteiger partial charge in [0.2, 0.25) is 3.79 Å². The summed E-state index contributed by atoms with van der Waals surface area (Å²) in [5.41, 5.74) is -0.529. The molecule has 2 N–H and O–H groups in total. The maximum atomic E-state index is 13.6. The van der Waals surface area contributed by atoms with Crippen LogP contribution in [0.15, 0.2) is 30.3 Å². The van der Waals surface area contributed by atoms with Crippen LogP contribution in [0.1, 0.15) is 5.56 Å². The molecule has 0 saturated heterocycles. The lowest BCUT2D eigenvalue weighted by molar-refractivity contribution is -0.150. The molecule has 18 heavy (non-hydrogen) atoms. The van der Waals surface area contributed by atoms with Crippen molar-refractivity contribution in [2.45, 2.75) is 15.9 Å². The highest BCUT2D eigenvalue weighted by molar-refractivity contribution is 6.68. The molecule has 0 aliphatic heterocycles. The van der Waals surface area contributed by atoms with Crippen molar-refractivity contribution >= 4 is 40.7 Å². The average molecular weight is 319 g/mol. The molecule has 0 aliphatic rings.